The van der Waals surface area contributed by atoms with Crippen molar-refractivity contribution in [2.24, 2.45) is 0 Å². The minimum absolute atomic E-state index is 0.0850. The van der Waals surface area contributed by atoms with Gasteiger partial charge in [-0.1, -0.05) is 54.6 Å². The first kappa shape index (κ1) is 20.7. The first-order chi connectivity index (χ1) is 11.4. The number of allylic oxidation sites excluding steroid dienone is 4. The van der Waals surface area contributed by atoms with E-state index in [1.807, 2.05) is 12.2 Å². The largest absolute Gasteiger partial charge is 0.384 e. The summed E-state index contributed by atoms with van der Waals surface area (Å²) in [5, 5.41) is 8.46. The predicted molar refractivity (Wildman–Crippen MR) is 99.1 cm³/mol. The zero-order valence-corrected chi connectivity index (χ0v) is 13.9. The van der Waals surface area contributed by atoms with Crippen LogP contribution >= 0.6 is 0 Å². The van der Waals surface area contributed by atoms with Gasteiger partial charge in [0, 0.05) is 12.8 Å². The summed E-state index contributed by atoms with van der Waals surface area (Å²) in [6.07, 6.45) is 22.4. The summed E-state index contributed by atoms with van der Waals surface area (Å²) in [5.41, 5.74) is 0. The molecule has 1 nitrogen and oxygen atoms in total. The molecule has 0 aliphatic heterocycles. The minimum atomic E-state index is -0.0850. The van der Waals surface area contributed by atoms with Gasteiger partial charge < -0.3 is 5.11 Å². The van der Waals surface area contributed by atoms with Gasteiger partial charge in [0.05, 0.1) is 0 Å². The van der Waals surface area contributed by atoms with Crippen LogP contribution in [0.3, 0.4) is 0 Å². The molecule has 0 spiro atoms. The van der Waals surface area contributed by atoms with Gasteiger partial charge in [-0.2, -0.15) is 0 Å². The molecule has 0 aromatic heterocycles. The Bertz CT molecular complexity index is 553. The second-order valence-electron chi connectivity index (χ2n) is 4.90. The number of terminal acetylenes is 1. The van der Waals surface area contributed by atoms with E-state index in [9.17, 15) is 0 Å². The molecule has 0 radical (unpaired) electrons. The van der Waals surface area contributed by atoms with Crippen LogP contribution < -0.4 is 0 Å². The van der Waals surface area contributed by atoms with Crippen LogP contribution in [-0.4, -0.2) is 11.7 Å². The third-order valence-electron chi connectivity index (χ3n) is 2.93. The third-order valence-corrected chi connectivity index (χ3v) is 2.93. The molecule has 23 heavy (non-hydrogen) atoms. The molecule has 0 saturated carbocycles. The average Bonchev–Trinajstić information content (AvgIpc) is 2.57. The van der Waals surface area contributed by atoms with Gasteiger partial charge in [0.1, 0.15) is 6.61 Å². The van der Waals surface area contributed by atoms with E-state index in [4.69, 9.17) is 11.5 Å². The highest BCUT2D eigenvalue weighted by Gasteiger charge is 1.86. The van der Waals surface area contributed by atoms with Crippen molar-refractivity contribution < 1.29 is 5.11 Å². The molecule has 0 unspecified atom stereocenters. The first-order valence-electron chi connectivity index (χ1n) is 8.23. The Hall–Kier alpha value is -2.32. The van der Waals surface area contributed by atoms with Crippen LogP contribution in [0.4, 0.5) is 0 Å². The maximum absolute atomic E-state index is 8.46. The van der Waals surface area contributed by atoms with E-state index in [0.717, 1.165) is 38.5 Å². The van der Waals surface area contributed by atoms with Crippen LogP contribution in [0.5, 0.6) is 0 Å². The van der Waals surface area contributed by atoms with Crippen molar-refractivity contribution in [3.8, 4) is 47.9 Å². The SMILES string of the molecule is C#C/C=C\CCCCCCC#CC#CCCC/C=C\C#CCO. The minimum Gasteiger partial charge on any atom is -0.384 e. The normalized spacial score (nSPS) is 9.39. The molecule has 1 heteroatoms. The van der Waals surface area contributed by atoms with Crippen molar-refractivity contribution in [2.75, 3.05) is 6.61 Å². The summed E-state index contributed by atoms with van der Waals surface area (Å²) in [6.45, 7) is -0.0850. The second kappa shape index (κ2) is 19.7. The number of aliphatic hydroxyl groups is 1. The van der Waals surface area contributed by atoms with E-state index in [1.165, 1.54) is 19.3 Å². The summed E-state index contributed by atoms with van der Waals surface area (Å²) in [4.78, 5) is 0. The van der Waals surface area contributed by atoms with Crippen LogP contribution in [0.1, 0.15) is 57.8 Å². The van der Waals surface area contributed by atoms with Crippen molar-refractivity contribution in [3.05, 3.63) is 24.3 Å². The molecular weight excluding hydrogens is 280 g/mol. The summed E-state index contributed by atoms with van der Waals surface area (Å²) in [7, 11) is 0. The molecule has 0 bridgehead atoms. The number of unbranched alkanes of at least 4 members (excludes halogenated alkanes) is 7. The smallest absolute Gasteiger partial charge is 0.104 e. The molecule has 1 N–H and O–H groups in total. The highest BCUT2D eigenvalue weighted by Crippen LogP contribution is 2.05. The Morgan fingerprint density at radius 1 is 0.739 bits per heavy atom. The van der Waals surface area contributed by atoms with Gasteiger partial charge in [-0.25, -0.2) is 0 Å². The molecule has 0 amide bonds. The van der Waals surface area contributed by atoms with Gasteiger partial charge >= 0.3 is 0 Å². The molecule has 0 rings (SSSR count). The van der Waals surface area contributed by atoms with Crippen molar-refractivity contribution in [2.45, 2.75) is 57.8 Å². The van der Waals surface area contributed by atoms with E-state index >= 15 is 0 Å². The molecule has 0 atom stereocenters. The van der Waals surface area contributed by atoms with E-state index < -0.39 is 0 Å². The van der Waals surface area contributed by atoms with E-state index in [-0.39, 0.29) is 6.61 Å². The third kappa shape index (κ3) is 19.7. The van der Waals surface area contributed by atoms with Crippen molar-refractivity contribution in [1.82, 2.24) is 0 Å². The van der Waals surface area contributed by atoms with E-state index in [1.54, 1.807) is 12.2 Å². The quantitative estimate of drug-likeness (QED) is 0.499. The van der Waals surface area contributed by atoms with Gasteiger partial charge in [0.25, 0.3) is 0 Å². The molecule has 0 saturated heterocycles. The molecule has 0 aromatic carbocycles. The lowest BCUT2D eigenvalue weighted by Crippen LogP contribution is -1.76. The lowest BCUT2D eigenvalue weighted by molar-refractivity contribution is 0.350. The zero-order chi connectivity index (χ0) is 16.8. The van der Waals surface area contributed by atoms with Crippen LogP contribution in [-0.2, 0) is 0 Å². The van der Waals surface area contributed by atoms with Crippen LogP contribution in [0.15, 0.2) is 24.3 Å². The highest BCUT2D eigenvalue weighted by molar-refractivity contribution is 5.25. The van der Waals surface area contributed by atoms with Crippen molar-refractivity contribution in [1.29, 1.82) is 0 Å². The van der Waals surface area contributed by atoms with Crippen molar-refractivity contribution in [3.63, 3.8) is 0 Å². The fourth-order valence-corrected chi connectivity index (χ4v) is 1.75. The fourth-order valence-electron chi connectivity index (χ4n) is 1.75. The predicted octanol–water partition coefficient (Wildman–Crippen LogP) is 4.25. The van der Waals surface area contributed by atoms with E-state index in [2.05, 4.69) is 41.4 Å². The average molecular weight is 306 g/mol. The Morgan fingerprint density at radius 3 is 2.13 bits per heavy atom. The first-order valence-corrected chi connectivity index (χ1v) is 8.23. The van der Waals surface area contributed by atoms with Gasteiger partial charge in [0.2, 0.25) is 0 Å². The van der Waals surface area contributed by atoms with Gasteiger partial charge in [-0.05, 0) is 56.1 Å². The molecule has 0 heterocycles. The molecule has 120 valence electrons. The Labute approximate surface area is 142 Å². The van der Waals surface area contributed by atoms with Gasteiger partial charge in [-0.3, -0.25) is 0 Å². The maximum Gasteiger partial charge on any atom is 0.104 e. The van der Waals surface area contributed by atoms with Crippen LogP contribution in [0.2, 0.25) is 0 Å². The summed E-state index contributed by atoms with van der Waals surface area (Å²) >= 11 is 0. The lowest BCUT2D eigenvalue weighted by atomic mass is 10.1. The Kier molecular flexibility index (Phi) is 17.7. The molecule has 0 aliphatic carbocycles. The number of hydrogen-bond acceptors (Lipinski definition) is 1. The number of hydrogen-bond donors (Lipinski definition) is 1. The zero-order valence-electron chi connectivity index (χ0n) is 13.9. The van der Waals surface area contributed by atoms with Gasteiger partial charge in [-0.15, -0.1) is 6.42 Å². The molecular formula is C22H26O. The van der Waals surface area contributed by atoms with E-state index in [0.29, 0.717) is 0 Å². The molecule has 0 aliphatic rings. The van der Waals surface area contributed by atoms with Crippen LogP contribution in [0, 0.1) is 47.9 Å². The highest BCUT2D eigenvalue weighted by atomic mass is 16.2. The Morgan fingerprint density at radius 2 is 1.39 bits per heavy atom. The summed E-state index contributed by atoms with van der Waals surface area (Å²) < 4.78 is 0. The van der Waals surface area contributed by atoms with Gasteiger partial charge in [0.15, 0.2) is 0 Å². The lowest BCUT2D eigenvalue weighted by Gasteiger charge is -1.94. The molecule has 0 fully saturated rings. The summed E-state index contributed by atoms with van der Waals surface area (Å²) in [6, 6.07) is 0. The summed E-state index contributed by atoms with van der Waals surface area (Å²) in [5.74, 6) is 19.8. The van der Waals surface area contributed by atoms with Crippen molar-refractivity contribution >= 4 is 0 Å². The standard InChI is InChI=1S/C22H26O/c1-2-3-4-5-6-7-8-9-10-11-12-13-14-15-16-17-18-19-20-21-22-23/h1,3-4,18-19,23H,5-10,15-17,22H2/b4-3-,19-18-. The monoisotopic (exact) mass is 306 g/mol. The molecule has 0 aromatic rings. The fraction of sp³-hybridized carbons (Fsp3) is 0.455. The number of aliphatic hydroxyl groups excluding tert-OH is 1. The number of rotatable bonds is 9. The Balaban J connectivity index is 3.44. The topological polar surface area (TPSA) is 20.2 Å². The van der Waals surface area contributed by atoms with Crippen LogP contribution in [0.25, 0.3) is 0 Å². The second-order valence-corrected chi connectivity index (χ2v) is 4.90. The maximum atomic E-state index is 8.46.